The van der Waals surface area contributed by atoms with Gasteiger partial charge >= 0.3 is 0 Å². The van der Waals surface area contributed by atoms with Crippen LogP contribution in [0.25, 0.3) is 0 Å². The van der Waals surface area contributed by atoms with Gasteiger partial charge in [-0.05, 0) is 31.6 Å². The average Bonchev–Trinajstić information content (AvgIpc) is 2.05. The summed E-state index contributed by atoms with van der Waals surface area (Å²) in [7, 11) is 1.15. The standard InChI is InChI=1S/C9H19ClOSi/c1-8(7-10)6-9(12)4-2-3-5-11-9/h8H,2-7H2,1,12H3. The van der Waals surface area contributed by atoms with Crippen LogP contribution in [0.15, 0.2) is 0 Å². The van der Waals surface area contributed by atoms with Crippen molar-refractivity contribution in [2.24, 2.45) is 5.92 Å². The fourth-order valence-corrected chi connectivity index (χ4v) is 3.31. The molecule has 0 saturated carbocycles. The quantitative estimate of drug-likeness (QED) is 0.503. The number of alkyl halides is 1. The molecule has 12 heavy (non-hydrogen) atoms. The molecule has 0 spiro atoms. The van der Waals surface area contributed by atoms with Gasteiger partial charge in [0, 0.05) is 28.0 Å². The summed E-state index contributed by atoms with van der Waals surface area (Å²) in [5.41, 5.74) is 0. The van der Waals surface area contributed by atoms with Crippen molar-refractivity contribution in [2.45, 2.75) is 37.8 Å². The van der Waals surface area contributed by atoms with Crippen molar-refractivity contribution in [2.75, 3.05) is 12.5 Å². The second-order valence-electron chi connectivity index (χ2n) is 4.22. The van der Waals surface area contributed by atoms with Crippen LogP contribution in [0.5, 0.6) is 0 Å². The zero-order valence-corrected chi connectivity index (χ0v) is 10.9. The normalized spacial score (nSPS) is 33.5. The van der Waals surface area contributed by atoms with E-state index in [1.54, 1.807) is 0 Å². The summed E-state index contributed by atoms with van der Waals surface area (Å²) in [6.45, 7) is 3.18. The maximum absolute atomic E-state index is 5.84. The van der Waals surface area contributed by atoms with Gasteiger partial charge in [-0.15, -0.1) is 11.6 Å². The Morgan fingerprint density at radius 1 is 1.58 bits per heavy atom. The highest BCUT2D eigenvalue weighted by Crippen LogP contribution is 2.28. The minimum atomic E-state index is 0.257. The molecule has 1 rings (SSSR count). The first-order valence-corrected chi connectivity index (χ1v) is 6.40. The number of halogens is 1. The largest absolute Gasteiger partial charge is 0.380 e. The van der Waals surface area contributed by atoms with Crippen LogP contribution >= 0.6 is 11.6 Å². The first kappa shape index (κ1) is 10.5. The van der Waals surface area contributed by atoms with Crippen LogP contribution in [-0.2, 0) is 4.74 Å². The molecule has 0 aliphatic carbocycles. The van der Waals surface area contributed by atoms with Crippen molar-refractivity contribution in [3.8, 4) is 0 Å². The molecular formula is C9H19ClOSi. The van der Waals surface area contributed by atoms with E-state index >= 15 is 0 Å². The summed E-state index contributed by atoms with van der Waals surface area (Å²) < 4.78 is 5.84. The molecule has 0 amide bonds. The highest BCUT2D eigenvalue weighted by atomic mass is 35.5. The van der Waals surface area contributed by atoms with E-state index < -0.39 is 0 Å². The molecular weight excluding hydrogens is 188 g/mol. The predicted molar refractivity (Wildman–Crippen MR) is 57.0 cm³/mol. The van der Waals surface area contributed by atoms with Gasteiger partial charge in [-0.1, -0.05) is 6.92 Å². The van der Waals surface area contributed by atoms with Crippen LogP contribution in [0.4, 0.5) is 0 Å². The first-order chi connectivity index (χ1) is 5.66. The topological polar surface area (TPSA) is 9.23 Å². The molecule has 1 saturated heterocycles. The fraction of sp³-hybridized carbons (Fsp3) is 1.00. The zero-order valence-electron chi connectivity index (χ0n) is 8.11. The molecule has 72 valence electrons. The molecule has 1 aliphatic heterocycles. The Morgan fingerprint density at radius 2 is 2.33 bits per heavy atom. The lowest BCUT2D eigenvalue weighted by molar-refractivity contribution is -0.0293. The maximum atomic E-state index is 5.84. The van der Waals surface area contributed by atoms with Gasteiger partial charge in [0.25, 0.3) is 0 Å². The Bertz CT molecular complexity index is 134. The van der Waals surface area contributed by atoms with Crippen molar-refractivity contribution in [3.63, 3.8) is 0 Å². The zero-order chi connectivity index (χ0) is 9.03. The van der Waals surface area contributed by atoms with Gasteiger partial charge in [0.2, 0.25) is 0 Å². The average molecular weight is 207 g/mol. The molecule has 1 aliphatic rings. The lowest BCUT2D eigenvalue weighted by atomic mass is 9.98. The summed E-state index contributed by atoms with van der Waals surface area (Å²) in [6.07, 6.45) is 5.03. The SMILES string of the molecule is CC(CCl)CC1([SiH3])CCCCO1. The highest BCUT2D eigenvalue weighted by Gasteiger charge is 2.28. The third-order valence-electron chi connectivity index (χ3n) is 2.59. The van der Waals surface area contributed by atoms with E-state index in [9.17, 15) is 0 Å². The number of hydrogen-bond acceptors (Lipinski definition) is 1. The van der Waals surface area contributed by atoms with E-state index in [1.807, 2.05) is 0 Å². The Hall–Kier alpha value is 0.467. The Labute approximate surface area is 83.2 Å². The van der Waals surface area contributed by atoms with Gasteiger partial charge in [-0.2, -0.15) is 0 Å². The van der Waals surface area contributed by atoms with Gasteiger partial charge in [0.15, 0.2) is 0 Å². The second kappa shape index (κ2) is 4.63. The van der Waals surface area contributed by atoms with Crippen LogP contribution in [0.2, 0.25) is 0 Å². The minimum absolute atomic E-state index is 0.257. The van der Waals surface area contributed by atoms with Gasteiger partial charge in [0.05, 0.1) is 0 Å². The van der Waals surface area contributed by atoms with Crippen molar-refractivity contribution >= 4 is 21.8 Å². The van der Waals surface area contributed by atoms with E-state index in [4.69, 9.17) is 16.3 Å². The Morgan fingerprint density at radius 3 is 2.83 bits per heavy atom. The van der Waals surface area contributed by atoms with Gasteiger partial charge < -0.3 is 4.74 Å². The van der Waals surface area contributed by atoms with Crippen LogP contribution < -0.4 is 0 Å². The summed E-state index contributed by atoms with van der Waals surface area (Å²) in [4.78, 5) is 0. The molecule has 1 nitrogen and oxygen atoms in total. The van der Waals surface area contributed by atoms with E-state index in [1.165, 1.54) is 25.7 Å². The summed E-state index contributed by atoms with van der Waals surface area (Å²) in [5.74, 6) is 1.38. The lowest BCUT2D eigenvalue weighted by Gasteiger charge is -2.35. The Balaban J connectivity index is 2.35. The smallest absolute Gasteiger partial charge is 0.0489 e. The molecule has 0 aromatic rings. The summed E-state index contributed by atoms with van der Waals surface area (Å²) >= 11 is 5.79. The van der Waals surface area contributed by atoms with E-state index in [0.717, 1.165) is 22.7 Å². The fourth-order valence-electron chi connectivity index (χ4n) is 1.94. The summed E-state index contributed by atoms with van der Waals surface area (Å²) in [6, 6.07) is 0. The first-order valence-electron chi connectivity index (χ1n) is 4.86. The van der Waals surface area contributed by atoms with Crippen molar-refractivity contribution < 1.29 is 4.74 Å². The monoisotopic (exact) mass is 206 g/mol. The number of rotatable bonds is 3. The third-order valence-corrected chi connectivity index (χ3v) is 4.32. The molecule has 2 unspecified atom stereocenters. The molecule has 2 atom stereocenters. The van der Waals surface area contributed by atoms with Crippen LogP contribution in [-0.4, -0.2) is 28.0 Å². The molecule has 0 N–H and O–H groups in total. The maximum Gasteiger partial charge on any atom is 0.0489 e. The number of ether oxygens (including phenoxy) is 1. The van der Waals surface area contributed by atoms with Crippen molar-refractivity contribution in [1.82, 2.24) is 0 Å². The molecule has 0 radical (unpaired) electrons. The van der Waals surface area contributed by atoms with E-state index in [-0.39, 0.29) is 5.22 Å². The molecule has 0 bridgehead atoms. The van der Waals surface area contributed by atoms with Crippen LogP contribution in [0.3, 0.4) is 0 Å². The predicted octanol–water partition coefficient (Wildman–Crippen LogP) is 1.51. The van der Waals surface area contributed by atoms with Gasteiger partial charge in [-0.25, -0.2) is 0 Å². The number of hydrogen-bond donors (Lipinski definition) is 0. The van der Waals surface area contributed by atoms with E-state index in [0.29, 0.717) is 5.92 Å². The highest BCUT2D eigenvalue weighted by molar-refractivity contribution is 6.18. The van der Waals surface area contributed by atoms with Crippen LogP contribution in [0.1, 0.15) is 32.6 Å². The van der Waals surface area contributed by atoms with Gasteiger partial charge in [-0.3, -0.25) is 0 Å². The lowest BCUT2D eigenvalue weighted by Crippen LogP contribution is -2.38. The van der Waals surface area contributed by atoms with Crippen LogP contribution in [0, 0.1) is 5.92 Å². The third kappa shape index (κ3) is 3.07. The second-order valence-corrected chi connectivity index (χ2v) is 6.35. The molecule has 1 heterocycles. The van der Waals surface area contributed by atoms with Crippen molar-refractivity contribution in [1.29, 1.82) is 0 Å². The van der Waals surface area contributed by atoms with Crippen molar-refractivity contribution in [3.05, 3.63) is 0 Å². The molecule has 1 fully saturated rings. The molecule has 0 aromatic heterocycles. The van der Waals surface area contributed by atoms with Gasteiger partial charge in [0.1, 0.15) is 0 Å². The minimum Gasteiger partial charge on any atom is -0.380 e. The van der Waals surface area contributed by atoms with E-state index in [2.05, 4.69) is 6.92 Å². The Kier molecular flexibility index (Phi) is 4.07. The molecule has 0 aromatic carbocycles. The molecule has 3 heteroatoms. The summed E-state index contributed by atoms with van der Waals surface area (Å²) in [5, 5.41) is 0.257.